The Morgan fingerprint density at radius 3 is 2.31 bits per heavy atom. The van der Waals surface area contributed by atoms with Crippen LogP contribution >= 0.6 is 11.8 Å². The van der Waals surface area contributed by atoms with E-state index in [1.54, 1.807) is 11.8 Å². The first-order valence-corrected chi connectivity index (χ1v) is 12.1. The summed E-state index contributed by atoms with van der Waals surface area (Å²) in [6.07, 6.45) is 1.74. The average Bonchev–Trinajstić information content (AvgIpc) is 2.82. The van der Waals surface area contributed by atoms with E-state index in [0.717, 1.165) is 36.4 Å². The molecule has 2 amide bonds. The number of carbonyl (C=O) groups excluding carboxylic acids is 2. The van der Waals surface area contributed by atoms with Gasteiger partial charge in [-0.3, -0.25) is 4.79 Å². The Morgan fingerprint density at radius 1 is 1.06 bits per heavy atom. The Kier molecular flexibility index (Phi) is 9.43. The smallest absolute Gasteiger partial charge is 0.407 e. The zero-order valence-electron chi connectivity index (χ0n) is 18.9. The second kappa shape index (κ2) is 12.5. The molecule has 1 heterocycles. The minimum absolute atomic E-state index is 0.0872. The topological polar surface area (TPSA) is 61.9 Å². The van der Waals surface area contributed by atoms with Gasteiger partial charge >= 0.3 is 6.09 Å². The van der Waals surface area contributed by atoms with E-state index < -0.39 is 6.09 Å². The van der Waals surface area contributed by atoms with Crippen LogP contribution in [-0.4, -0.2) is 66.8 Å². The number of ether oxygens (including phenoxy) is 1. The van der Waals surface area contributed by atoms with Crippen molar-refractivity contribution in [2.75, 3.05) is 32.9 Å². The number of carbonyl (C=O) groups is 2. The fourth-order valence-corrected chi connectivity index (χ4v) is 4.71. The standard InChI is InChI=1S/C25H33N3O3S/c1-27(2)22-13-15-28(16-14-22)24(29)17-21(19-32-23-11-7-4-8-12-23)26-25(30)31-18-20-9-5-3-6-10-20/h3-12,21-22H,13-19H2,1-2H3,(H,26,30)/t21-/m1/s1. The molecule has 1 saturated heterocycles. The number of alkyl carbamates (subject to hydrolysis) is 1. The van der Waals surface area contributed by atoms with Crippen LogP contribution in [0.15, 0.2) is 65.6 Å². The molecule has 1 aliphatic rings. The SMILES string of the molecule is CN(C)C1CCN(C(=O)C[C@H](CSc2ccccc2)NC(=O)OCc2ccccc2)CC1. The molecule has 1 N–H and O–H groups in total. The van der Waals surface area contributed by atoms with Crippen molar-refractivity contribution in [1.29, 1.82) is 0 Å². The predicted octanol–water partition coefficient (Wildman–Crippen LogP) is 4.02. The number of thioether (sulfide) groups is 1. The lowest BCUT2D eigenvalue weighted by atomic mass is 10.0. The molecule has 0 saturated carbocycles. The maximum absolute atomic E-state index is 13.0. The minimum atomic E-state index is -0.494. The molecule has 6 nitrogen and oxygen atoms in total. The molecular weight excluding hydrogens is 422 g/mol. The molecule has 0 radical (unpaired) electrons. The third kappa shape index (κ3) is 7.88. The van der Waals surface area contributed by atoms with E-state index in [9.17, 15) is 9.59 Å². The summed E-state index contributed by atoms with van der Waals surface area (Å²) < 4.78 is 5.39. The number of likely N-dealkylation sites (tertiary alicyclic amines) is 1. The Morgan fingerprint density at radius 2 is 1.69 bits per heavy atom. The number of hydrogen-bond acceptors (Lipinski definition) is 5. The fourth-order valence-electron chi connectivity index (χ4n) is 3.77. The Labute approximate surface area is 195 Å². The number of nitrogens with one attached hydrogen (secondary N) is 1. The fraction of sp³-hybridized carbons (Fsp3) is 0.440. The van der Waals surface area contributed by atoms with Crippen LogP contribution in [0.5, 0.6) is 0 Å². The van der Waals surface area contributed by atoms with E-state index in [1.807, 2.05) is 65.6 Å². The molecular formula is C25H33N3O3S. The first-order valence-electron chi connectivity index (χ1n) is 11.1. The van der Waals surface area contributed by atoms with Crippen LogP contribution in [-0.2, 0) is 16.1 Å². The van der Waals surface area contributed by atoms with Crippen molar-refractivity contribution in [3.05, 3.63) is 66.2 Å². The van der Waals surface area contributed by atoms with Crippen LogP contribution in [0.4, 0.5) is 4.79 Å². The van der Waals surface area contributed by atoms with Gasteiger partial charge in [-0.25, -0.2) is 4.79 Å². The van der Waals surface area contributed by atoms with Gasteiger partial charge in [0.15, 0.2) is 0 Å². The lowest BCUT2D eigenvalue weighted by molar-refractivity contribution is -0.133. The summed E-state index contributed by atoms with van der Waals surface area (Å²) in [5.41, 5.74) is 0.928. The molecule has 0 unspecified atom stereocenters. The summed E-state index contributed by atoms with van der Waals surface area (Å²) in [5.74, 6) is 0.689. The normalized spacial score (nSPS) is 15.4. The highest BCUT2D eigenvalue weighted by molar-refractivity contribution is 7.99. The maximum atomic E-state index is 13.0. The van der Waals surface area contributed by atoms with E-state index in [0.29, 0.717) is 11.8 Å². The van der Waals surface area contributed by atoms with E-state index in [2.05, 4.69) is 24.3 Å². The first-order chi connectivity index (χ1) is 15.5. The Hall–Kier alpha value is -2.51. The molecule has 2 aromatic rings. The summed E-state index contributed by atoms with van der Waals surface area (Å²) in [7, 11) is 4.17. The number of hydrogen-bond donors (Lipinski definition) is 1. The number of rotatable bonds is 9. The lowest BCUT2D eigenvalue weighted by Crippen LogP contribution is -2.47. The Bertz CT molecular complexity index is 840. The van der Waals surface area contributed by atoms with Crippen molar-refractivity contribution in [2.24, 2.45) is 0 Å². The zero-order valence-corrected chi connectivity index (χ0v) is 19.7. The van der Waals surface area contributed by atoms with Crippen LogP contribution < -0.4 is 5.32 Å². The molecule has 1 aliphatic heterocycles. The maximum Gasteiger partial charge on any atom is 0.407 e. The van der Waals surface area contributed by atoms with Gasteiger partial charge in [0.1, 0.15) is 6.61 Å². The van der Waals surface area contributed by atoms with Crippen LogP contribution in [0, 0.1) is 0 Å². The molecule has 7 heteroatoms. The molecule has 1 atom stereocenters. The third-order valence-corrected chi connectivity index (χ3v) is 6.87. The van der Waals surface area contributed by atoms with Crippen molar-refractivity contribution < 1.29 is 14.3 Å². The monoisotopic (exact) mass is 455 g/mol. The van der Waals surface area contributed by atoms with Crippen LogP contribution in [0.3, 0.4) is 0 Å². The lowest BCUT2D eigenvalue weighted by Gasteiger charge is -2.35. The first kappa shape index (κ1) is 24.1. The number of amides is 2. The van der Waals surface area contributed by atoms with E-state index in [1.165, 1.54) is 0 Å². The van der Waals surface area contributed by atoms with Gasteiger partial charge in [-0.2, -0.15) is 0 Å². The largest absolute Gasteiger partial charge is 0.445 e. The summed E-state index contributed by atoms with van der Waals surface area (Å²) in [6, 6.07) is 19.8. The van der Waals surface area contributed by atoms with Crippen molar-refractivity contribution in [2.45, 2.75) is 42.8 Å². The van der Waals surface area contributed by atoms with Gasteiger partial charge in [0.05, 0.1) is 6.04 Å². The van der Waals surface area contributed by atoms with Crippen molar-refractivity contribution in [3.63, 3.8) is 0 Å². The molecule has 32 heavy (non-hydrogen) atoms. The van der Waals surface area contributed by atoms with Gasteiger partial charge in [0.2, 0.25) is 5.91 Å². The van der Waals surface area contributed by atoms with Crippen LogP contribution in [0.2, 0.25) is 0 Å². The van der Waals surface area contributed by atoms with E-state index in [-0.39, 0.29) is 25.0 Å². The minimum Gasteiger partial charge on any atom is -0.445 e. The zero-order chi connectivity index (χ0) is 22.8. The van der Waals surface area contributed by atoms with Crippen molar-refractivity contribution >= 4 is 23.8 Å². The summed E-state index contributed by atoms with van der Waals surface area (Å²) in [4.78, 5) is 30.7. The number of benzene rings is 2. The van der Waals surface area contributed by atoms with Gasteiger partial charge in [0.25, 0.3) is 0 Å². The molecule has 172 valence electrons. The van der Waals surface area contributed by atoms with E-state index >= 15 is 0 Å². The third-order valence-electron chi connectivity index (χ3n) is 5.70. The molecule has 1 fully saturated rings. The molecule has 3 rings (SSSR count). The summed E-state index contributed by atoms with van der Waals surface area (Å²) in [5, 5.41) is 2.92. The van der Waals surface area contributed by atoms with Gasteiger partial charge < -0.3 is 19.9 Å². The second-order valence-corrected chi connectivity index (χ2v) is 9.40. The van der Waals surface area contributed by atoms with E-state index in [4.69, 9.17) is 4.74 Å². The van der Waals surface area contributed by atoms with Crippen molar-refractivity contribution in [1.82, 2.24) is 15.1 Å². The van der Waals surface area contributed by atoms with Gasteiger partial charge in [-0.1, -0.05) is 48.5 Å². The quantitative estimate of drug-likeness (QED) is 0.579. The summed E-state index contributed by atoms with van der Waals surface area (Å²) in [6.45, 7) is 1.73. The highest BCUT2D eigenvalue weighted by Gasteiger charge is 2.26. The van der Waals surface area contributed by atoms with Gasteiger partial charge in [-0.05, 0) is 44.6 Å². The van der Waals surface area contributed by atoms with Crippen LogP contribution in [0.1, 0.15) is 24.8 Å². The predicted molar refractivity (Wildman–Crippen MR) is 129 cm³/mol. The summed E-state index contributed by atoms with van der Waals surface area (Å²) >= 11 is 1.63. The second-order valence-electron chi connectivity index (χ2n) is 8.31. The molecule has 2 aromatic carbocycles. The average molecular weight is 456 g/mol. The highest BCUT2D eigenvalue weighted by Crippen LogP contribution is 2.20. The van der Waals surface area contributed by atoms with Crippen LogP contribution in [0.25, 0.3) is 0 Å². The van der Waals surface area contributed by atoms with Gasteiger partial charge in [0, 0.05) is 36.2 Å². The van der Waals surface area contributed by atoms with Crippen molar-refractivity contribution in [3.8, 4) is 0 Å². The molecule has 0 spiro atoms. The molecule has 0 bridgehead atoms. The number of piperidine rings is 1. The highest BCUT2D eigenvalue weighted by atomic mass is 32.2. The molecule has 0 aromatic heterocycles. The molecule has 0 aliphatic carbocycles. The van der Waals surface area contributed by atoms with Gasteiger partial charge in [-0.15, -0.1) is 11.8 Å². The number of nitrogens with zero attached hydrogens (tertiary/aromatic N) is 2. The Balaban J connectivity index is 1.54.